The molecule has 0 saturated carbocycles. The fourth-order valence-electron chi connectivity index (χ4n) is 1.53. The van der Waals surface area contributed by atoms with Gasteiger partial charge < -0.3 is 15.4 Å². The minimum atomic E-state index is -0.141. The number of likely N-dealkylation sites (N-methyl/N-ethyl adjacent to an activating group) is 1. The number of nitrogens with zero attached hydrogens (tertiary/aromatic N) is 1. The second-order valence-electron chi connectivity index (χ2n) is 4.17. The van der Waals surface area contributed by atoms with Gasteiger partial charge in [-0.3, -0.25) is 4.79 Å². The largest absolute Gasteiger partial charge is 0.477 e. The number of unbranched alkanes of at least 4 members (excludes halogenated alkanes) is 1. The van der Waals surface area contributed by atoms with Crippen LogP contribution in [0.4, 0.5) is 0 Å². The number of aromatic nitrogens is 1. The van der Waals surface area contributed by atoms with E-state index < -0.39 is 0 Å². The highest BCUT2D eigenvalue weighted by Gasteiger charge is 2.12. The van der Waals surface area contributed by atoms with E-state index in [1.165, 1.54) is 0 Å². The predicted octanol–water partition coefficient (Wildman–Crippen LogP) is 1.60. The van der Waals surface area contributed by atoms with Crippen molar-refractivity contribution in [2.24, 2.45) is 0 Å². The van der Waals surface area contributed by atoms with Crippen molar-refractivity contribution >= 4 is 5.91 Å². The molecule has 19 heavy (non-hydrogen) atoms. The molecular weight excluding hydrogens is 242 g/mol. The van der Waals surface area contributed by atoms with Gasteiger partial charge in [0.05, 0.1) is 6.61 Å². The van der Waals surface area contributed by atoms with Gasteiger partial charge in [-0.25, -0.2) is 4.98 Å². The summed E-state index contributed by atoms with van der Waals surface area (Å²) < 4.78 is 5.54. The van der Waals surface area contributed by atoms with Crippen LogP contribution in [0.25, 0.3) is 0 Å². The summed E-state index contributed by atoms with van der Waals surface area (Å²) in [6.07, 6.45) is 3.64. The fourth-order valence-corrected chi connectivity index (χ4v) is 1.53. The summed E-state index contributed by atoms with van der Waals surface area (Å²) in [5.74, 6) is 0.273. The first-order chi connectivity index (χ1) is 9.29. The van der Waals surface area contributed by atoms with Gasteiger partial charge in [-0.1, -0.05) is 20.3 Å². The summed E-state index contributed by atoms with van der Waals surface area (Å²) >= 11 is 0. The standard InChI is InChI=1S/C14H23N3O2/c1-3-5-11-19-14-12(7-6-8-17-14)13(18)16-10-9-15-4-2/h6-8,15H,3-5,9-11H2,1-2H3,(H,16,18). The molecule has 2 N–H and O–H groups in total. The SMILES string of the molecule is CCCCOc1ncccc1C(=O)NCCNCC. The average Bonchev–Trinajstić information content (AvgIpc) is 2.44. The lowest BCUT2D eigenvalue weighted by Gasteiger charge is -2.10. The number of pyridine rings is 1. The molecule has 0 spiro atoms. The predicted molar refractivity (Wildman–Crippen MR) is 75.5 cm³/mol. The minimum Gasteiger partial charge on any atom is -0.477 e. The zero-order valence-electron chi connectivity index (χ0n) is 11.7. The van der Waals surface area contributed by atoms with Gasteiger partial charge in [-0.2, -0.15) is 0 Å². The molecule has 0 saturated heterocycles. The normalized spacial score (nSPS) is 10.2. The second kappa shape index (κ2) is 9.33. The molecule has 1 aromatic rings. The Morgan fingerprint density at radius 1 is 1.37 bits per heavy atom. The summed E-state index contributed by atoms with van der Waals surface area (Å²) in [7, 11) is 0. The van der Waals surface area contributed by atoms with E-state index in [-0.39, 0.29) is 5.91 Å². The van der Waals surface area contributed by atoms with Crippen molar-refractivity contribution < 1.29 is 9.53 Å². The third-order valence-electron chi connectivity index (χ3n) is 2.59. The minimum absolute atomic E-state index is 0.141. The maximum atomic E-state index is 12.0. The first-order valence-electron chi connectivity index (χ1n) is 6.86. The van der Waals surface area contributed by atoms with E-state index >= 15 is 0 Å². The summed E-state index contributed by atoms with van der Waals surface area (Å²) in [6, 6.07) is 3.47. The van der Waals surface area contributed by atoms with Crippen LogP contribution < -0.4 is 15.4 Å². The number of carbonyl (C=O) groups excluding carboxylic acids is 1. The van der Waals surface area contributed by atoms with Gasteiger partial charge >= 0.3 is 0 Å². The zero-order chi connectivity index (χ0) is 13.9. The van der Waals surface area contributed by atoms with Gasteiger partial charge in [-0.05, 0) is 25.1 Å². The Hall–Kier alpha value is -1.62. The molecular formula is C14H23N3O2. The third kappa shape index (κ3) is 5.70. The Bertz CT molecular complexity index is 383. The topological polar surface area (TPSA) is 63.2 Å². The molecule has 1 heterocycles. The number of hydrogen-bond acceptors (Lipinski definition) is 4. The Kier molecular flexibility index (Phi) is 7.58. The van der Waals surface area contributed by atoms with Gasteiger partial charge in [0, 0.05) is 19.3 Å². The first kappa shape index (κ1) is 15.4. The van der Waals surface area contributed by atoms with Crippen molar-refractivity contribution in [3.8, 4) is 5.88 Å². The highest BCUT2D eigenvalue weighted by Crippen LogP contribution is 2.14. The number of nitrogens with one attached hydrogen (secondary N) is 2. The molecule has 0 aromatic carbocycles. The zero-order valence-corrected chi connectivity index (χ0v) is 11.7. The Morgan fingerprint density at radius 2 is 2.21 bits per heavy atom. The maximum Gasteiger partial charge on any atom is 0.256 e. The lowest BCUT2D eigenvalue weighted by atomic mass is 10.2. The van der Waals surface area contributed by atoms with E-state index in [2.05, 4.69) is 22.5 Å². The number of rotatable bonds is 9. The van der Waals surface area contributed by atoms with Crippen LogP contribution >= 0.6 is 0 Å². The molecule has 5 heteroatoms. The molecule has 0 unspecified atom stereocenters. The lowest BCUT2D eigenvalue weighted by Crippen LogP contribution is -2.32. The van der Waals surface area contributed by atoms with Crippen LogP contribution in [0.2, 0.25) is 0 Å². The molecule has 0 fully saturated rings. The summed E-state index contributed by atoms with van der Waals surface area (Å²) in [6.45, 7) is 6.96. The van der Waals surface area contributed by atoms with Crippen molar-refractivity contribution in [3.05, 3.63) is 23.9 Å². The number of amides is 1. The van der Waals surface area contributed by atoms with E-state index in [4.69, 9.17) is 4.74 Å². The highest BCUT2D eigenvalue weighted by atomic mass is 16.5. The summed E-state index contributed by atoms with van der Waals surface area (Å²) in [4.78, 5) is 16.1. The van der Waals surface area contributed by atoms with Gasteiger partial charge in [0.1, 0.15) is 5.56 Å². The molecule has 0 bridgehead atoms. The van der Waals surface area contributed by atoms with Crippen molar-refractivity contribution in [2.45, 2.75) is 26.7 Å². The first-order valence-corrected chi connectivity index (χ1v) is 6.86. The monoisotopic (exact) mass is 265 g/mol. The van der Waals surface area contributed by atoms with Crippen LogP contribution in [-0.2, 0) is 0 Å². The van der Waals surface area contributed by atoms with Crippen LogP contribution in [0.3, 0.4) is 0 Å². The molecule has 0 atom stereocenters. The smallest absolute Gasteiger partial charge is 0.256 e. The average molecular weight is 265 g/mol. The molecule has 106 valence electrons. The summed E-state index contributed by atoms with van der Waals surface area (Å²) in [5, 5.41) is 5.99. The van der Waals surface area contributed by atoms with Crippen molar-refractivity contribution in [1.82, 2.24) is 15.6 Å². The Labute approximate surface area is 114 Å². The van der Waals surface area contributed by atoms with Crippen LogP contribution in [0.15, 0.2) is 18.3 Å². The Balaban J connectivity index is 2.52. The molecule has 1 rings (SSSR count). The molecule has 1 amide bonds. The quantitative estimate of drug-likeness (QED) is 0.666. The molecule has 1 aromatic heterocycles. The number of ether oxygens (including phenoxy) is 1. The molecule has 0 aliphatic carbocycles. The van der Waals surface area contributed by atoms with Gasteiger partial charge in [-0.15, -0.1) is 0 Å². The van der Waals surface area contributed by atoms with E-state index in [9.17, 15) is 4.79 Å². The van der Waals surface area contributed by atoms with Gasteiger partial charge in [0.15, 0.2) is 0 Å². The number of hydrogen-bond donors (Lipinski definition) is 2. The van der Waals surface area contributed by atoms with Crippen molar-refractivity contribution in [2.75, 3.05) is 26.2 Å². The van der Waals surface area contributed by atoms with Crippen molar-refractivity contribution in [3.63, 3.8) is 0 Å². The molecule has 0 aliphatic heterocycles. The lowest BCUT2D eigenvalue weighted by molar-refractivity contribution is 0.0949. The van der Waals surface area contributed by atoms with E-state index in [0.717, 1.165) is 25.9 Å². The van der Waals surface area contributed by atoms with E-state index in [1.54, 1.807) is 18.3 Å². The van der Waals surface area contributed by atoms with Crippen LogP contribution in [-0.4, -0.2) is 37.1 Å². The molecule has 5 nitrogen and oxygen atoms in total. The van der Waals surface area contributed by atoms with Crippen LogP contribution in [0.5, 0.6) is 5.88 Å². The highest BCUT2D eigenvalue weighted by molar-refractivity contribution is 5.96. The van der Waals surface area contributed by atoms with E-state index in [0.29, 0.717) is 24.6 Å². The fraction of sp³-hybridized carbons (Fsp3) is 0.571. The van der Waals surface area contributed by atoms with Crippen LogP contribution in [0.1, 0.15) is 37.0 Å². The maximum absolute atomic E-state index is 12.0. The van der Waals surface area contributed by atoms with Gasteiger partial charge in [0.25, 0.3) is 5.91 Å². The second-order valence-corrected chi connectivity index (χ2v) is 4.17. The molecule has 0 aliphatic rings. The van der Waals surface area contributed by atoms with Crippen molar-refractivity contribution in [1.29, 1.82) is 0 Å². The third-order valence-corrected chi connectivity index (χ3v) is 2.59. The Morgan fingerprint density at radius 3 is 2.95 bits per heavy atom. The summed E-state index contributed by atoms with van der Waals surface area (Å²) in [5.41, 5.74) is 0.495. The van der Waals surface area contributed by atoms with Gasteiger partial charge in [0.2, 0.25) is 5.88 Å². The molecule has 0 radical (unpaired) electrons. The van der Waals surface area contributed by atoms with E-state index in [1.807, 2.05) is 6.92 Å². The van der Waals surface area contributed by atoms with Crippen LogP contribution in [0, 0.1) is 0 Å². The number of carbonyl (C=O) groups is 1.